The van der Waals surface area contributed by atoms with Gasteiger partial charge < -0.3 is 4.42 Å². The predicted molar refractivity (Wildman–Crippen MR) is 88.4 cm³/mol. The van der Waals surface area contributed by atoms with Gasteiger partial charge in [0.15, 0.2) is 0 Å². The average Bonchev–Trinajstić information content (AvgIpc) is 3.27. The topological polar surface area (TPSA) is 109 Å². The van der Waals surface area contributed by atoms with Gasteiger partial charge in [-0.25, -0.2) is 5.43 Å². The molecule has 1 aromatic carbocycles. The summed E-state index contributed by atoms with van der Waals surface area (Å²) < 4.78 is 5.00. The lowest BCUT2D eigenvalue weighted by Gasteiger charge is -1.98. The van der Waals surface area contributed by atoms with Gasteiger partial charge in [-0.3, -0.25) is 14.9 Å². The predicted octanol–water partition coefficient (Wildman–Crippen LogP) is 1.89. The molecule has 24 heavy (non-hydrogen) atoms. The van der Waals surface area contributed by atoms with Crippen molar-refractivity contribution in [2.24, 2.45) is 5.10 Å². The largest absolute Gasteiger partial charge is 0.463 e. The van der Waals surface area contributed by atoms with E-state index in [1.165, 1.54) is 23.8 Å². The van der Waals surface area contributed by atoms with E-state index in [2.05, 4.69) is 26.0 Å². The summed E-state index contributed by atoms with van der Waals surface area (Å²) in [5.41, 5.74) is 2.97. The minimum absolute atomic E-state index is 0.226. The first-order valence-corrected chi connectivity index (χ1v) is 7.61. The van der Waals surface area contributed by atoms with Gasteiger partial charge in [0.05, 0.1) is 12.5 Å². The molecule has 3 rings (SSSR count). The highest BCUT2D eigenvalue weighted by Gasteiger charge is 2.16. The Morgan fingerprint density at radius 1 is 1.08 bits per heavy atom. The first-order chi connectivity index (χ1) is 11.7. The SMILES string of the molecule is O=C(N/N=C\c1ccco1)C(=O)Nc1nnc(-c2ccccc2)s1. The highest BCUT2D eigenvalue weighted by atomic mass is 32.1. The maximum atomic E-state index is 11.8. The summed E-state index contributed by atoms with van der Waals surface area (Å²) in [6.07, 6.45) is 2.75. The van der Waals surface area contributed by atoms with Crippen LogP contribution >= 0.6 is 11.3 Å². The van der Waals surface area contributed by atoms with E-state index in [1.54, 1.807) is 12.1 Å². The number of hydrogen-bond acceptors (Lipinski definition) is 7. The van der Waals surface area contributed by atoms with Crippen molar-refractivity contribution in [1.82, 2.24) is 15.6 Å². The van der Waals surface area contributed by atoms with Crippen LogP contribution in [-0.2, 0) is 9.59 Å². The van der Waals surface area contributed by atoms with Crippen LogP contribution in [-0.4, -0.2) is 28.2 Å². The van der Waals surface area contributed by atoms with Crippen LogP contribution in [0.5, 0.6) is 0 Å². The molecule has 0 aliphatic carbocycles. The maximum absolute atomic E-state index is 11.8. The second-order valence-electron chi connectivity index (χ2n) is 4.45. The van der Waals surface area contributed by atoms with Crippen molar-refractivity contribution in [2.45, 2.75) is 0 Å². The van der Waals surface area contributed by atoms with Crippen molar-refractivity contribution in [2.75, 3.05) is 5.32 Å². The van der Waals surface area contributed by atoms with Crippen LogP contribution in [0.3, 0.4) is 0 Å². The second kappa shape index (κ2) is 7.29. The lowest BCUT2D eigenvalue weighted by atomic mass is 10.2. The van der Waals surface area contributed by atoms with Crippen molar-refractivity contribution in [1.29, 1.82) is 0 Å². The van der Waals surface area contributed by atoms with Crippen molar-refractivity contribution >= 4 is 34.5 Å². The van der Waals surface area contributed by atoms with Gasteiger partial charge in [0.2, 0.25) is 5.13 Å². The Hall–Kier alpha value is -3.33. The van der Waals surface area contributed by atoms with Crippen molar-refractivity contribution in [3.05, 3.63) is 54.5 Å². The molecule has 2 N–H and O–H groups in total. The van der Waals surface area contributed by atoms with Crippen LogP contribution in [0.2, 0.25) is 0 Å². The van der Waals surface area contributed by atoms with Crippen LogP contribution in [0, 0.1) is 0 Å². The Kier molecular flexibility index (Phi) is 4.73. The third-order valence-electron chi connectivity index (χ3n) is 2.77. The summed E-state index contributed by atoms with van der Waals surface area (Å²) in [5, 5.41) is 14.7. The molecule has 8 nitrogen and oxygen atoms in total. The molecule has 0 spiro atoms. The number of aromatic nitrogens is 2. The molecule has 2 aromatic heterocycles. The molecule has 2 amide bonds. The summed E-state index contributed by atoms with van der Waals surface area (Å²) in [6, 6.07) is 12.7. The third-order valence-corrected chi connectivity index (χ3v) is 3.66. The van der Waals surface area contributed by atoms with Gasteiger partial charge in [-0.2, -0.15) is 5.10 Å². The molecular formula is C15H11N5O3S. The van der Waals surface area contributed by atoms with Gasteiger partial charge in [-0.05, 0) is 12.1 Å². The molecular weight excluding hydrogens is 330 g/mol. The van der Waals surface area contributed by atoms with Gasteiger partial charge >= 0.3 is 11.8 Å². The van der Waals surface area contributed by atoms with E-state index in [1.807, 2.05) is 30.3 Å². The van der Waals surface area contributed by atoms with Crippen LogP contribution in [0.25, 0.3) is 10.6 Å². The number of hydrogen-bond donors (Lipinski definition) is 2. The molecule has 0 bridgehead atoms. The van der Waals surface area contributed by atoms with E-state index in [9.17, 15) is 9.59 Å². The zero-order valence-corrected chi connectivity index (χ0v) is 13.0. The fourth-order valence-electron chi connectivity index (χ4n) is 1.70. The second-order valence-corrected chi connectivity index (χ2v) is 5.42. The smallest absolute Gasteiger partial charge is 0.329 e. The zero-order chi connectivity index (χ0) is 16.8. The molecule has 0 radical (unpaired) electrons. The van der Waals surface area contributed by atoms with Crippen LogP contribution in [0.15, 0.2) is 58.2 Å². The Morgan fingerprint density at radius 3 is 2.67 bits per heavy atom. The molecule has 0 saturated heterocycles. The Morgan fingerprint density at radius 2 is 1.92 bits per heavy atom. The van der Waals surface area contributed by atoms with Crippen LogP contribution in [0.1, 0.15) is 5.76 Å². The molecule has 0 aliphatic rings. The summed E-state index contributed by atoms with van der Waals surface area (Å²) >= 11 is 1.17. The number of rotatable bonds is 4. The number of carbonyl (C=O) groups is 2. The van der Waals surface area contributed by atoms with E-state index in [4.69, 9.17) is 4.42 Å². The first kappa shape index (κ1) is 15.6. The fourth-order valence-corrected chi connectivity index (χ4v) is 2.44. The molecule has 2 heterocycles. The van der Waals surface area contributed by atoms with Crippen LogP contribution in [0.4, 0.5) is 5.13 Å². The van der Waals surface area contributed by atoms with Crippen molar-refractivity contribution in [3.63, 3.8) is 0 Å². The number of hydrazone groups is 1. The number of amides is 2. The van der Waals surface area contributed by atoms with Gasteiger partial charge in [0.25, 0.3) is 0 Å². The quantitative estimate of drug-likeness (QED) is 0.428. The van der Waals surface area contributed by atoms with Crippen LogP contribution < -0.4 is 10.7 Å². The molecule has 9 heteroatoms. The molecule has 0 fully saturated rings. The van der Waals surface area contributed by atoms with Gasteiger partial charge in [-0.15, -0.1) is 10.2 Å². The van der Waals surface area contributed by atoms with Gasteiger partial charge in [-0.1, -0.05) is 41.7 Å². The summed E-state index contributed by atoms with van der Waals surface area (Å²) in [4.78, 5) is 23.4. The van der Waals surface area contributed by atoms with Crippen molar-refractivity contribution < 1.29 is 14.0 Å². The number of nitrogens with zero attached hydrogens (tertiary/aromatic N) is 3. The molecule has 120 valence electrons. The fraction of sp³-hybridized carbons (Fsp3) is 0. The molecule has 0 atom stereocenters. The Labute approximate surface area is 140 Å². The summed E-state index contributed by atoms with van der Waals surface area (Å²) in [7, 11) is 0. The molecule has 0 saturated carbocycles. The average molecular weight is 341 g/mol. The summed E-state index contributed by atoms with van der Waals surface area (Å²) in [5.74, 6) is -1.36. The Balaban J connectivity index is 1.56. The number of carbonyl (C=O) groups excluding carboxylic acids is 2. The normalized spacial score (nSPS) is 10.7. The summed E-state index contributed by atoms with van der Waals surface area (Å²) in [6.45, 7) is 0. The lowest BCUT2D eigenvalue weighted by Crippen LogP contribution is -2.32. The zero-order valence-electron chi connectivity index (χ0n) is 12.2. The van der Waals surface area contributed by atoms with Crippen molar-refractivity contribution in [3.8, 4) is 10.6 Å². The Bertz CT molecular complexity index is 858. The third kappa shape index (κ3) is 3.90. The number of anilines is 1. The number of benzene rings is 1. The maximum Gasteiger partial charge on any atom is 0.329 e. The molecule has 0 unspecified atom stereocenters. The van der Waals surface area contributed by atoms with E-state index in [0.29, 0.717) is 10.8 Å². The number of nitrogens with one attached hydrogen (secondary N) is 2. The van der Waals surface area contributed by atoms with E-state index in [0.717, 1.165) is 5.56 Å². The van der Waals surface area contributed by atoms with E-state index < -0.39 is 11.8 Å². The van der Waals surface area contributed by atoms with E-state index >= 15 is 0 Å². The van der Waals surface area contributed by atoms with E-state index in [-0.39, 0.29) is 5.13 Å². The standard InChI is InChI=1S/C15H11N5O3S/c21-12(13(22)18-16-9-11-7-4-8-23-11)17-15-20-19-14(24-15)10-5-2-1-3-6-10/h1-9H,(H,18,22)(H,17,20,21)/b16-9-. The highest BCUT2D eigenvalue weighted by Crippen LogP contribution is 2.25. The monoisotopic (exact) mass is 341 g/mol. The lowest BCUT2D eigenvalue weighted by molar-refractivity contribution is -0.136. The first-order valence-electron chi connectivity index (χ1n) is 6.79. The number of furan rings is 1. The van der Waals surface area contributed by atoms with Gasteiger partial charge in [0, 0.05) is 5.56 Å². The highest BCUT2D eigenvalue weighted by molar-refractivity contribution is 7.18. The molecule has 0 aliphatic heterocycles. The van der Waals surface area contributed by atoms with Gasteiger partial charge in [0.1, 0.15) is 10.8 Å². The molecule has 3 aromatic rings. The minimum Gasteiger partial charge on any atom is -0.463 e. The minimum atomic E-state index is -0.922.